The average molecular weight is 604 g/mol. The van der Waals surface area contributed by atoms with Crippen LogP contribution in [0.4, 0.5) is 0 Å². The van der Waals surface area contributed by atoms with Gasteiger partial charge in [0.15, 0.2) is 0 Å². The third-order valence-corrected chi connectivity index (χ3v) is 4.51. The van der Waals surface area contributed by atoms with Crippen LogP contribution in [0.3, 0.4) is 0 Å². The Bertz CT molecular complexity index is 353. The Balaban J connectivity index is -0.0000000283. The predicted molar refractivity (Wildman–Crippen MR) is 99.7 cm³/mol. The maximum atomic E-state index is 10.5. The summed E-state index contributed by atoms with van der Waals surface area (Å²) in [5.74, 6) is 1.65. The van der Waals surface area contributed by atoms with E-state index in [0.717, 1.165) is 36.2 Å². The van der Waals surface area contributed by atoms with Gasteiger partial charge >= 0.3 is 361 Å². The number of rotatable bonds is 13. The van der Waals surface area contributed by atoms with E-state index in [1.807, 2.05) is 6.92 Å². The number of hydrogen-bond donors (Lipinski definition) is 1. The summed E-state index contributed by atoms with van der Waals surface area (Å²) in [6.45, 7) is 11.3. The second-order valence-electron chi connectivity index (χ2n) is 7.69. The molecule has 0 bridgehead atoms. The van der Waals surface area contributed by atoms with E-state index in [2.05, 4.69) is 27.7 Å². The molecule has 0 aliphatic rings. The van der Waals surface area contributed by atoms with E-state index in [0.29, 0.717) is 0 Å². The largest absolute Gasteiger partial charge is 1.00 e. The van der Waals surface area contributed by atoms with E-state index in [4.69, 9.17) is 5.11 Å². The fourth-order valence-corrected chi connectivity index (χ4v) is 2.99. The van der Waals surface area contributed by atoms with Gasteiger partial charge in [-0.25, -0.2) is 4.79 Å². The first-order valence-electron chi connectivity index (χ1n) is 9.21. The van der Waals surface area contributed by atoms with Crippen molar-refractivity contribution in [3.63, 3.8) is 0 Å². The van der Waals surface area contributed by atoms with Crippen molar-refractivity contribution in [1.82, 2.24) is 0 Å². The van der Waals surface area contributed by atoms with Gasteiger partial charge in [0, 0.05) is 6.08 Å². The quantitative estimate of drug-likeness (QED) is 0.168. The van der Waals surface area contributed by atoms with E-state index in [1.54, 1.807) is 0 Å². The van der Waals surface area contributed by atoms with Gasteiger partial charge in [-0.2, -0.15) is 0 Å². The molecule has 3 nitrogen and oxygen atoms in total. The van der Waals surface area contributed by atoms with Crippen LogP contribution in [0, 0.1) is 17.8 Å². The van der Waals surface area contributed by atoms with Gasteiger partial charge in [-0.3, -0.25) is 0 Å². The van der Waals surface area contributed by atoms with Crippen molar-refractivity contribution in [3.05, 3.63) is 11.6 Å². The minimum atomic E-state index is -0.822. The van der Waals surface area contributed by atoms with Crippen LogP contribution in [0.2, 0.25) is 0 Å². The van der Waals surface area contributed by atoms with Crippen LogP contribution >= 0.6 is 0 Å². The normalized spacial score (nSPS) is 9.49. The molecule has 2 atom stereocenters. The molecule has 0 aromatic carbocycles. The first kappa shape index (κ1) is 91.0. The van der Waals surface area contributed by atoms with Crippen LogP contribution < -0.4 is 355 Å². The van der Waals surface area contributed by atoms with Gasteiger partial charge in [0.05, 0.1) is 0 Å². The number of carbonyl (C=O) groups is 1. The number of hydrogen-bond acceptors (Lipinski definition) is 1. The Kier molecular flexibility index (Phi) is 175. The fourth-order valence-electron chi connectivity index (χ4n) is 2.99. The van der Waals surface area contributed by atoms with Crippen LogP contribution in [-0.4, -0.2) is 16.6 Å². The molecule has 15 heteroatoms. The molecule has 138 valence electrons. The minimum Gasteiger partial charge on any atom is -0.478 e. The zero-order valence-corrected chi connectivity index (χ0v) is 52.0. The third-order valence-electron chi connectivity index (χ3n) is 4.51. The molecule has 0 rings (SSSR count). The summed E-state index contributed by atoms with van der Waals surface area (Å²) in [7, 11) is 0. The Morgan fingerprint density at radius 3 is 1.17 bits per heavy atom. The van der Waals surface area contributed by atoms with E-state index in [-0.39, 0.29) is 360 Å². The van der Waals surface area contributed by atoms with Crippen LogP contribution in [0.1, 0.15) is 92.4 Å². The van der Waals surface area contributed by atoms with Crippen LogP contribution in [0.15, 0.2) is 11.6 Å². The van der Waals surface area contributed by atoms with E-state index < -0.39 is 5.97 Å². The molecular weight excluding hydrogens is 564 g/mol. The molecule has 0 aromatic rings. The molecular formula is C20H40Na12O3+12. The fraction of sp³-hybridized carbons (Fsp3) is 0.850. The maximum absolute atomic E-state index is 10.5. The van der Waals surface area contributed by atoms with Crippen molar-refractivity contribution in [3.8, 4) is 0 Å². The van der Waals surface area contributed by atoms with Gasteiger partial charge in [0.25, 0.3) is 0 Å². The second-order valence-corrected chi connectivity index (χ2v) is 7.69. The summed E-state index contributed by atoms with van der Waals surface area (Å²) in [6, 6.07) is 0. The molecule has 0 radical (unpaired) electrons. The molecule has 0 fully saturated rings. The van der Waals surface area contributed by atoms with Crippen LogP contribution in [-0.2, 0) is 4.79 Å². The molecule has 0 spiro atoms. The third kappa shape index (κ3) is 76.5. The topological polar surface area (TPSA) is 68.8 Å². The summed E-state index contributed by atoms with van der Waals surface area (Å²) in [4.78, 5) is 10.5. The molecule has 35 heavy (non-hydrogen) atoms. The molecule has 0 amide bonds. The van der Waals surface area contributed by atoms with Gasteiger partial charge in [-0.1, -0.05) is 78.2 Å². The minimum absolute atomic E-state index is 0. The summed E-state index contributed by atoms with van der Waals surface area (Å²) in [5.41, 5.74) is 0.985. The molecule has 0 heterocycles. The Hall–Kier alpha value is 11.2. The van der Waals surface area contributed by atoms with E-state index in [1.165, 1.54) is 51.0 Å². The Labute approximate surface area is 484 Å². The van der Waals surface area contributed by atoms with Crippen molar-refractivity contribution < 1.29 is 370 Å². The first-order valence-corrected chi connectivity index (χ1v) is 9.21. The van der Waals surface area contributed by atoms with Crippen molar-refractivity contribution >= 4 is 5.97 Å². The predicted octanol–water partition coefficient (Wildman–Crippen LogP) is -30.3. The van der Waals surface area contributed by atoms with E-state index >= 15 is 0 Å². The Morgan fingerprint density at radius 2 is 0.886 bits per heavy atom. The van der Waals surface area contributed by atoms with Crippen LogP contribution in [0.5, 0.6) is 0 Å². The van der Waals surface area contributed by atoms with Gasteiger partial charge in [-0.15, -0.1) is 0 Å². The van der Waals surface area contributed by atoms with Crippen molar-refractivity contribution in [1.29, 1.82) is 0 Å². The summed E-state index contributed by atoms with van der Waals surface area (Å²) in [5, 5.41) is 8.68. The number of aliphatic carboxylic acids is 1. The first-order chi connectivity index (χ1) is 10.3. The van der Waals surface area contributed by atoms with Crippen LogP contribution in [0.25, 0.3) is 0 Å². The summed E-state index contributed by atoms with van der Waals surface area (Å²) in [6.07, 6.45) is 12.7. The van der Waals surface area contributed by atoms with E-state index in [9.17, 15) is 4.79 Å². The molecule has 0 aliphatic carbocycles. The standard InChI is InChI=1S/C20H38O2.12Na.H2O/c1-16(2)9-6-10-17(3)11-7-12-18(4)13-8-14-19(5)15-20(21)22;;;;;;;;;;;;;/h15-18H,6-14H2,1-5H3,(H,21,22);;;;;;;;;;;;;1H2/q;12*+1;/t17-,18-;;;;;;;;;;;;;/m1............./s1. The zero-order chi connectivity index (χ0) is 17.0. The van der Waals surface area contributed by atoms with Gasteiger partial charge < -0.3 is 10.6 Å². The van der Waals surface area contributed by atoms with Crippen molar-refractivity contribution in [2.45, 2.75) is 92.4 Å². The molecule has 0 unspecified atom stereocenters. The molecule has 0 aromatic heterocycles. The van der Waals surface area contributed by atoms with Crippen molar-refractivity contribution in [2.24, 2.45) is 17.8 Å². The smallest absolute Gasteiger partial charge is 0.478 e. The number of carboxylic acid groups (broad SMARTS) is 1. The molecule has 0 aliphatic heterocycles. The second kappa shape index (κ2) is 67.4. The molecule has 3 N–H and O–H groups in total. The Morgan fingerprint density at radius 1 is 0.600 bits per heavy atom. The number of carboxylic acids is 1. The monoisotopic (exact) mass is 604 g/mol. The average Bonchev–Trinajstić information content (AvgIpc) is 2.37. The number of allylic oxidation sites excluding steroid dienone is 1. The molecule has 0 saturated carbocycles. The summed E-state index contributed by atoms with van der Waals surface area (Å²) >= 11 is 0. The van der Waals surface area contributed by atoms with Gasteiger partial charge in [-0.05, 0) is 37.5 Å². The SMILES string of the molecule is CC(=CC(=O)O)CCC[C@H](C)CCC[C@H](C)CCCC(C)C.O.[Na+].[Na+].[Na+].[Na+].[Na+].[Na+].[Na+].[Na+].[Na+].[Na+].[Na+].[Na+]. The molecule has 0 saturated heterocycles. The van der Waals surface area contributed by atoms with Gasteiger partial charge in [0.2, 0.25) is 0 Å². The van der Waals surface area contributed by atoms with Crippen molar-refractivity contribution in [2.75, 3.05) is 0 Å². The zero-order valence-electron chi connectivity index (χ0n) is 28.0. The summed E-state index contributed by atoms with van der Waals surface area (Å²) < 4.78 is 0. The maximum Gasteiger partial charge on any atom is 1.00 e. The van der Waals surface area contributed by atoms with Gasteiger partial charge in [0.1, 0.15) is 0 Å².